The minimum absolute atomic E-state index is 0.534. The lowest BCUT2D eigenvalue weighted by Crippen LogP contribution is -1.97. The summed E-state index contributed by atoms with van der Waals surface area (Å²) in [5.74, 6) is 0. The Bertz CT molecular complexity index is 626. The smallest absolute Gasteiger partial charge is 0.101 e. The highest BCUT2D eigenvalue weighted by atomic mass is 14.6. The first-order chi connectivity index (χ1) is 8.54. The van der Waals surface area contributed by atoms with E-state index >= 15 is 0 Å². The molecule has 2 N–H and O–H groups in total. The Labute approximate surface area is 108 Å². The van der Waals surface area contributed by atoms with E-state index in [0.29, 0.717) is 11.3 Å². The Morgan fingerprint density at radius 3 is 2.22 bits per heavy atom. The summed E-state index contributed by atoms with van der Waals surface area (Å²) in [6, 6.07) is 12.0. The van der Waals surface area contributed by atoms with Crippen LogP contribution >= 0.6 is 0 Å². The van der Waals surface area contributed by atoms with Gasteiger partial charge >= 0.3 is 0 Å². The number of anilines is 1. The molecule has 18 heavy (non-hydrogen) atoms. The first-order valence-electron chi connectivity index (χ1n) is 5.91. The zero-order valence-corrected chi connectivity index (χ0v) is 10.9. The summed E-state index contributed by atoms with van der Waals surface area (Å²) in [5, 5.41) is 9.04. The number of hydrogen-bond donors (Lipinski definition) is 1. The van der Waals surface area contributed by atoms with Crippen LogP contribution < -0.4 is 5.73 Å². The zero-order valence-electron chi connectivity index (χ0n) is 10.9. The molecule has 0 aliphatic rings. The average Bonchev–Trinajstić information content (AvgIpc) is 2.30. The number of hydrogen-bond acceptors (Lipinski definition) is 2. The molecule has 2 rings (SSSR count). The normalized spacial score (nSPS) is 10.1. The second-order valence-electron chi connectivity index (χ2n) is 4.65. The molecule has 0 atom stereocenters. The van der Waals surface area contributed by atoms with Crippen molar-refractivity contribution in [2.24, 2.45) is 0 Å². The quantitative estimate of drug-likeness (QED) is 0.767. The molecule has 0 aliphatic carbocycles. The first-order valence-corrected chi connectivity index (χ1v) is 5.91. The van der Waals surface area contributed by atoms with Crippen molar-refractivity contribution in [1.82, 2.24) is 0 Å². The fourth-order valence-electron chi connectivity index (χ4n) is 2.49. The number of nitrogens with zero attached hydrogens (tertiary/aromatic N) is 1. The van der Waals surface area contributed by atoms with Crippen LogP contribution in [0.5, 0.6) is 0 Å². The van der Waals surface area contributed by atoms with Crippen LogP contribution in [0, 0.1) is 32.1 Å². The lowest BCUT2D eigenvalue weighted by atomic mass is 9.92. The number of aryl methyl sites for hydroxylation is 3. The molecule has 2 heteroatoms. The second kappa shape index (κ2) is 4.54. The topological polar surface area (TPSA) is 49.8 Å². The van der Waals surface area contributed by atoms with Gasteiger partial charge in [-0.1, -0.05) is 29.8 Å². The highest BCUT2D eigenvalue weighted by Gasteiger charge is 2.11. The van der Waals surface area contributed by atoms with Crippen LogP contribution in [-0.2, 0) is 0 Å². The van der Waals surface area contributed by atoms with Crippen LogP contribution in [0.4, 0.5) is 5.69 Å². The Morgan fingerprint density at radius 1 is 1.06 bits per heavy atom. The van der Waals surface area contributed by atoms with Gasteiger partial charge in [-0.2, -0.15) is 5.26 Å². The van der Waals surface area contributed by atoms with E-state index in [9.17, 15) is 0 Å². The summed E-state index contributed by atoms with van der Waals surface area (Å²) >= 11 is 0. The van der Waals surface area contributed by atoms with Gasteiger partial charge in [0.2, 0.25) is 0 Å². The van der Waals surface area contributed by atoms with E-state index < -0.39 is 0 Å². The minimum Gasteiger partial charge on any atom is -0.397 e. The zero-order chi connectivity index (χ0) is 13.3. The fraction of sp³-hybridized carbons (Fsp3) is 0.188. The molecule has 0 heterocycles. The molecule has 0 aliphatic heterocycles. The number of nitrogens with two attached hydrogens (primary N) is 1. The largest absolute Gasteiger partial charge is 0.397 e. The SMILES string of the molecule is Cc1cc(C)c(-c2cccc(C#N)c2N)c(C)c1. The van der Waals surface area contributed by atoms with Crippen molar-refractivity contribution in [3.05, 3.63) is 52.6 Å². The van der Waals surface area contributed by atoms with Crippen molar-refractivity contribution in [2.75, 3.05) is 5.73 Å². The summed E-state index contributed by atoms with van der Waals surface area (Å²) in [6.07, 6.45) is 0. The summed E-state index contributed by atoms with van der Waals surface area (Å²) < 4.78 is 0. The predicted octanol–water partition coefficient (Wildman–Crippen LogP) is 3.73. The van der Waals surface area contributed by atoms with E-state index in [1.807, 2.05) is 12.1 Å². The maximum Gasteiger partial charge on any atom is 0.101 e. The van der Waals surface area contributed by atoms with E-state index in [1.54, 1.807) is 6.07 Å². The van der Waals surface area contributed by atoms with E-state index in [2.05, 4.69) is 39.0 Å². The lowest BCUT2D eigenvalue weighted by molar-refractivity contribution is 1.32. The molecule has 2 aromatic carbocycles. The van der Waals surface area contributed by atoms with Crippen LogP contribution in [0.1, 0.15) is 22.3 Å². The summed E-state index contributed by atoms with van der Waals surface area (Å²) in [6.45, 7) is 6.24. The van der Waals surface area contributed by atoms with Crippen LogP contribution in [0.15, 0.2) is 30.3 Å². The molecule has 0 bridgehead atoms. The summed E-state index contributed by atoms with van der Waals surface area (Å²) in [5.41, 5.74) is 12.9. The van der Waals surface area contributed by atoms with Gasteiger partial charge in [-0.3, -0.25) is 0 Å². The van der Waals surface area contributed by atoms with Crippen molar-refractivity contribution >= 4 is 5.69 Å². The third kappa shape index (κ3) is 1.96. The van der Waals surface area contributed by atoms with Crippen molar-refractivity contribution in [2.45, 2.75) is 20.8 Å². The number of para-hydroxylation sites is 1. The number of nitrogen functional groups attached to an aromatic ring is 1. The second-order valence-corrected chi connectivity index (χ2v) is 4.65. The molecule has 0 fully saturated rings. The van der Waals surface area contributed by atoms with Gasteiger partial charge in [-0.25, -0.2) is 0 Å². The fourth-order valence-corrected chi connectivity index (χ4v) is 2.49. The summed E-state index contributed by atoms with van der Waals surface area (Å²) in [4.78, 5) is 0. The highest BCUT2D eigenvalue weighted by molar-refractivity contribution is 5.83. The van der Waals surface area contributed by atoms with E-state index in [0.717, 1.165) is 11.1 Å². The van der Waals surface area contributed by atoms with Gasteiger partial charge in [0.05, 0.1) is 11.3 Å². The maximum atomic E-state index is 9.04. The van der Waals surface area contributed by atoms with Crippen LogP contribution in [0.25, 0.3) is 11.1 Å². The first kappa shape index (κ1) is 12.2. The van der Waals surface area contributed by atoms with Crippen molar-refractivity contribution in [3.8, 4) is 17.2 Å². The van der Waals surface area contributed by atoms with Crippen molar-refractivity contribution in [1.29, 1.82) is 5.26 Å². The minimum atomic E-state index is 0.534. The Kier molecular flexibility index (Phi) is 3.08. The van der Waals surface area contributed by atoms with Crippen LogP contribution in [0.3, 0.4) is 0 Å². The number of benzene rings is 2. The third-order valence-corrected chi connectivity index (χ3v) is 3.17. The average molecular weight is 236 g/mol. The molecule has 0 spiro atoms. The molecule has 0 saturated heterocycles. The van der Waals surface area contributed by atoms with Crippen molar-refractivity contribution in [3.63, 3.8) is 0 Å². The van der Waals surface area contributed by atoms with Gasteiger partial charge in [0.15, 0.2) is 0 Å². The molecule has 0 radical (unpaired) electrons. The monoisotopic (exact) mass is 236 g/mol. The van der Waals surface area contributed by atoms with Gasteiger partial charge in [0.25, 0.3) is 0 Å². The molecule has 90 valence electrons. The molecule has 0 saturated carbocycles. The van der Waals surface area contributed by atoms with Gasteiger partial charge in [0, 0.05) is 5.56 Å². The molecule has 2 nitrogen and oxygen atoms in total. The predicted molar refractivity (Wildman–Crippen MR) is 75.2 cm³/mol. The molecule has 0 unspecified atom stereocenters. The number of nitriles is 1. The van der Waals surface area contributed by atoms with Gasteiger partial charge < -0.3 is 5.73 Å². The number of rotatable bonds is 1. The maximum absolute atomic E-state index is 9.04. The third-order valence-electron chi connectivity index (χ3n) is 3.17. The lowest BCUT2D eigenvalue weighted by Gasteiger charge is -2.14. The van der Waals surface area contributed by atoms with E-state index in [-0.39, 0.29) is 0 Å². The molecule has 2 aromatic rings. The summed E-state index contributed by atoms with van der Waals surface area (Å²) in [7, 11) is 0. The standard InChI is InChI=1S/C16H16N2/c1-10-7-11(2)15(12(3)8-10)14-6-4-5-13(9-17)16(14)18/h4-8H,18H2,1-3H3. The highest BCUT2D eigenvalue weighted by Crippen LogP contribution is 2.33. The Balaban J connectivity index is 2.75. The molecule has 0 aromatic heterocycles. The van der Waals surface area contributed by atoms with Gasteiger partial charge in [-0.15, -0.1) is 0 Å². The van der Waals surface area contributed by atoms with E-state index in [4.69, 9.17) is 11.0 Å². The molecular formula is C16H16N2. The molecular weight excluding hydrogens is 220 g/mol. The van der Waals surface area contributed by atoms with E-state index in [1.165, 1.54) is 16.7 Å². The van der Waals surface area contributed by atoms with Crippen LogP contribution in [0.2, 0.25) is 0 Å². The van der Waals surface area contributed by atoms with Gasteiger partial charge in [0.1, 0.15) is 6.07 Å². The van der Waals surface area contributed by atoms with Gasteiger partial charge in [-0.05, 0) is 43.5 Å². The van der Waals surface area contributed by atoms with Crippen molar-refractivity contribution < 1.29 is 0 Å². The van der Waals surface area contributed by atoms with Crippen LogP contribution in [-0.4, -0.2) is 0 Å². The molecule has 0 amide bonds. The Hall–Kier alpha value is -2.27. The Morgan fingerprint density at radius 2 is 1.67 bits per heavy atom.